The zero-order valence-corrected chi connectivity index (χ0v) is 18.4. The largest absolute Gasteiger partial charge is 0.372 e. The SMILES string of the molecule is Cc1nc(SCC(=O)Nc2ccc(N3CCCCC3)cc2)n(C2CCCC2)c1C. The molecule has 0 unspecified atom stereocenters. The number of benzene rings is 1. The molecule has 4 rings (SSSR count). The van der Waals surface area contributed by atoms with Crippen LogP contribution in [0.4, 0.5) is 11.4 Å². The summed E-state index contributed by atoms with van der Waals surface area (Å²) in [7, 11) is 0. The molecule has 1 saturated carbocycles. The zero-order chi connectivity index (χ0) is 20.2. The van der Waals surface area contributed by atoms with Crippen LogP contribution in [-0.4, -0.2) is 34.3 Å². The van der Waals surface area contributed by atoms with Crippen LogP contribution in [0.1, 0.15) is 62.4 Å². The van der Waals surface area contributed by atoms with Gasteiger partial charge in [-0.15, -0.1) is 0 Å². The van der Waals surface area contributed by atoms with Crippen LogP contribution in [0.3, 0.4) is 0 Å². The minimum Gasteiger partial charge on any atom is -0.372 e. The van der Waals surface area contributed by atoms with Gasteiger partial charge in [-0.3, -0.25) is 4.79 Å². The second-order valence-electron chi connectivity index (χ2n) is 8.30. The third-order valence-corrected chi connectivity index (χ3v) is 7.20. The molecule has 0 radical (unpaired) electrons. The van der Waals surface area contributed by atoms with Gasteiger partial charge < -0.3 is 14.8 Å². The molecule has 2 heterocycles. The van der Waals surface area contributed by atoms with Crippen molar-refractivity contribution in [3.63, 3.8) is 0 Å². The van der Waals surface area contributed by atoms with Crippen molar-refractivity contribution in [2.24, 2.45) is 0 Å². The Morgan fingerprint density at radius 2 is 1.76 bits per heavy atom. The summed E-state index contributed by atoms with van der Waals surface area (Å²) in [5.41, 5.74) is 4.44. The summed E-state index contributed by atoms with van der Waals surface area (Å²) in [6.07, 6.45) is 8.90. The number of nitrogens with zero attached hydrogens (tertiary/aromatic N) is 3. The van der Waals surface area contributed by atoms with Gasteiger partial charge in [0.2, 0.25) is 5.91 Å². The van der Waals surface area contributed by atoms with E-state index in [0.29, 0.717) is 11.8 Å². The minimum atomic E-state index is 0.0250. The van der Waals surface area contributed by atoms with Crippen molar-refractivity contribution in [2.75, 3.05) is 29.1 Å². The third-order valence-electron chi connectivity index (χ3n) is 6.25. The Morgan fingerprint density at radius 1 is 1.07 bits per heavy atom. The monoisotopic (exact) mass is 412 g/mol. The summed E-state index contributed by atoms with van der Waals surface area (Å²) in [6, 6.07) is 8.81. The number of imidazole rings is 1. The third kappa shape index (κ3) is 4.80. The van der Waals surface area contributed by atoms with Crippen LogP contribution in [0, 0.1) is 13.8 Å². The van der Waals surface area contributed by atoms with Gasteiger partial charge in [0.1, 0.15) is 0 Å². The average Bonchev–Trinajstić information content (AvgIpc) is 3.36. The first-order valence-electron chi connectivity index (χ1n) is 10.9. The van der Waals surface area contributed by atoms with Gasteiger partial charge in [-0.05, 0) is 70.2 Å². The molecule has 1 aromatic carbocycles. The lowest BCUT2D eigenvalue weighted by molar-refractivity contribution is -0.113. The molecule has 1 amide bonds. The highest BCUT2D eigenvalue weighted by Gasteiger charge is 2.23. The first-order chi connectivity index (χ1) is 14.1. The van der Waals surface area contributed by atoms with E-state index in [9.17, 15) is 4.79 Å². The highest BCUT2D eigenvalue weighted by Crippen LogP contribution is 2.35. The van der Waals surface area contributed by atoms with Crippen molar-refractivity contribution >= 4 is 29.0 Å². The van der Waals surface area contributed by atoms with Crippen LogP contribution in [0.2, 0.25) is 0 Å². The molecular formula is C23H32N4OS. The summed E-state index contributed by atoms with van der Waals surface area (Å²) in [4.78, 5) is 19.7. The Hall–Kier alpha value is -1.95. The van der Waals surface area contributed by atoms with Crippen molar-refractivity contribution in [1.29, 1.82) is 0 Å². The number of piperidine rings is 1. The number of amides is 1. The van der Waals surface area contributed by atoms with Crippen LogP contribution in [0.15, 0.2) is 29.4 Å². The van der Waals surface area contributed by atoms with Crippen molar-refractivity contribution in [1.82, 2.24) is 9.55 Å². The van der Waals surface area contributed by atoms with E-state index in [4.69, 9.17) is 4.98 Å². The number of aromatic nitrogens is 2. The Bertz CT molecular complexity index is 833. The molecule has 2 aromatic rings. The van der Waals surface area contributed by atoms with Gasteiger partial charge in [-0.2, -0.15) is 0 Å². The Morgan fingerprint density at radius 3 is 2.45 bits per heavy atom. The van der Waals surface area contributed by atoms with Crippen molar-refractivity contribution in [3.05, 3.63) is 35.7 Å². The van der Waals surface area contributed by atoms with E-state index >= 15 is 0 Å². The van der Waals surface area contributed by atoms with Crippen LogP contribution in [0.5, 0.6) is 0 Å². The van der Waals surface area contributed by atoms with Gasteiger partial charge in [0.15, 0.2) is 5.16 Å². The van der Waals surface area contributed by atoms with Gasteiger partial charge in [0.05, 0.1) is 11.4 Å². The van der Waals surface area contributed by atoms with Crippen LogP contribution < -0.4 is 10.2 Å². The second-order valence-corrected chi connectivity index (χ2v) is 9.25. The van der Waals surface area contributed by atoms with Gasteiger partial charge in [0, 0.05) is 36.2 Å². The van der Waals surface area contributed by atoms with Gasteiger partial charge in [0.25, 0.3) is 0 Å². The van der Waals surface area contributed by atoms with Gasteiger partial charge in [-0.25, -0.2) is 4.98 Å². The van der Waals surface area contributed by atoms with Crippen LogP contribution in [-0.2, 0) is 4.79 Å². The maximum Gasteiger partial charge on any atom is 0.234 e. The maximum absolute atomic E-state index is 12.5. The Labute approximate surface area is 178 Å². The molecule has 29 heavy (non-hydrogen) atoms. The standard InChI is InChI=1S/C23H32N4OS/c1-17-18(2)27(21-8-4-5-9-21)23(24-17)29-16-22(28)25-19-10-12-20(13-11-19)26-14-6-3-7-15-26/h10-13,21H,3-9,14-16H2,1-2H3,(H,25,28). The van der Waals surface area contributed by atoms with Crippen LogP contribution in [0.25, 0.3) is 0 Å². The molecule has 1 aliphatic carbocycles. The number of nitrogens with one attached hydrogen (secondary N) is 1. The molecule has 1 aliphatic heterocycles. The fraction of sp³-hybridized carbons (Fsp3) is 0.565. The van der Waals surface area contributed by atoms with E-state index in [2.05, 4.69) is 40.8 Å². The smallest absolute Gasteiger partial charge is 0.234 e. The normalized spacial score (nSPS) is 17.7. The van der Waals surface area contributed by atoms with Crippen molar-refractivity contribution in [2.45, 2.75) is 70.0 Å². The fourth-order valence-corrected chi connectivity index (χ4v) is 5.48. The number of carbonyl (C=O) groups excluding carboxylic acids is 1. The molecule has 6 heteroatoms. The lowest BCUT2D eigenvalue weighted by atomic mass is 10.1. The van der Waals surface area contributed by atoms with Gasteiger partial charge in [-0.1, -0.05) is 24.6 Å². The molecule has 1 aromatic heterocycles. The van der Waals surface area contributed by atoms with E-state index in [-0.39, 0.29) is 5.91 Å². The number of anilines is 2. The average molecular weight is 413 g/mol. The molecular weight excluding hydrogens is 380 g/mol. The number of hydrogen-bond acceptors (Lipinski definition) is 4. The summed E-state index contributed by atoms with van der Waals surface area (Å²) >= 11 is 1.55. The zero-order valence-electron chi connectivity index (χ0n) is 17.6. The quantitative estimate of drug-likeness (QED) is 0.651. The summed E-state index contributed by atoms with van der Waals surface area (Å²) in [5.74, 6) is 0.410. The van der Waals surface area contributed by atoms with E-state index in [0.717, 1.165) is 29.6 Å². The molecule has 2 aliphatic rings. The Balaban J connectivity index is 1.34. The maximum atomic E-state index is 12.5. The highest BCUT2D eigenvalue weighted by molar-refractivity contribution is 7.99. The molecule has 0 bridgehead atoms. The first kappa shape index (κ1) is 20.3. The van der Waals surface area contributed by atoms with Crippen molar-refractivity contribution in [3.8, 4) is 0 Å². The fourth-order valence-electron chi connectivity index (χ4n) is 4.53. The van der Waals surface area contributed by atoms with E-state index < -0.39 is 0 Å². The predicted molar refractivity (Wildman–Crippen MR) is 121 cm³/mol. The number of thioether (sulfide) groups is 1. The second kappa shape index (κ2) is 9.24. The lowest BCUT2D eigenvalue weighted by Crippen LogP contribution is -2.29. The minimum absolute atomic E-state index is 0.0250. The molecule has 5 nitrogen and oxygen atoms in total. The predicted octanol–water partition coefficient (Wildman–Crippen LogP) is 5.34. The summed E-state index contributed by atoms with van der Waals surface area (Å²) < 4.78 is 2.37. The topological polar surface area (TPSA) is 50.2 Å². The van der Waals surface area contributed by atoms with E-state index in [1.54, 1.807) is 11.8 Å². The molecule has 0 atom stereocenters. The van der Waals surface area contributed by atoms with E-state index in [1.807, 2.05) is 12.1 Å². The Kier molecular flexibility index (Phi) is 6.48. The molecule has 0 spiro atoms. The van der Waals surface area contributed by atoms with E-state index in [1.165, 1.54) is 56.3 Å². The molecule has 1 N–H and O–H groups in total. The lowest BCUT2D eigenvalue weighted by Gasteiger charge is -2.28. The van der Waals surface area contributed by atoms with Crippen LogP contribution >= 0.6 is 11.8 Å². The molecule has 1 saturated heterocycles. The molecule has 2 fully saturated rings. The highest BCUT2D eigenvalue weighted by atomic mass is 32.2. The summed E-state index contributed by atoms with van der Waals surface area (Å²) in [6.45, 7) is 6.48. The number of rotatable bonds is 6. The first-order valence-corrected chi connectivity index (χ1v) is 11.9. The summed E-state index contributed by atoms with van der Waals surface area (Å²) in [5, 5.41) is 4.03. The number of carbonyl (C=O) groups is 1. The van der Waals surface area contributed by atoms with Gasteiger partial charge >= 0.3 is 0 Å². The number of aryl methyl sites for hydroxylation is 1. The van der Waals surface area contributed by atoms with Crippen molar-refractivity contribution < 1.29 is 4.79 Å². The number of hydrogen-bond donors (Lipinski definition) is 1. The molecule has 156 valence electrons.